The fourth-order valence-electron chi connectivity index (χ4n) is 7.29. The number of rotatable bonds is 4. The molecule has 2 aliphatic heterocycles. The van der Waals surface area contributed by atoms with E-state index in [0.29, 0.717) is 43.7 Å². The molecule has 4 fully saturated rings. The van der Waals surface area contributed by atoms with Crippen molar-refractivity contribution in [3.8, 4) is 0 Å². The first-order valence-corrected chi connectivity index (χ1v) is 16.3. The molecule has 4 aliphatic rings. The molecule has 9 heteroatoms. The van der Waals surface area contributed by atoms with E-state index >= 15 is 0 Å². The molecule has 4 bridgehead atoms. The molecule has 2 saturated carbocycles. The molecule has 0 aromatic heterocycles. The number of aliphatic hydroxyl groups is 1. The zero-order chi connectivity index (χ0) is 27.0. The number of nitrogens with one attached hydrogen (secondary N) is 3. The van der Waals surface area contributed by atoms with Gasteiger partial charge in [-0.2, -0.15) is 4.72 Å². The van der Waals surface area contributed by atoms with Crippen LogP contribution in [0.15, 0.2) is 18.2 Å². The molecule has 5 unspecified atom stereocenters. The maximum Gasteiger partial charge on any atom is 0.216 e. The van der Waals surface area contributed by atoms with Crippen molar-refractivity contribution >= 4 is 10.0 Å². The first-order chi connectivity index (χ1) is 18.1. The Morgan fingerprint density at radius 2 is 1.82 bits per heavy atom. The third-order valence-corrected chi connectivity index (χ3v) is 11.1. The highest BCUT2D eigenvalue weighted by Crippen LogP contribution is 2.36. The van der Waals surface area contributed by atoms with Crippen LogP contribution in [-0.4, -0.2) is 67.5 Å². The van der Waals surface area contributed by atoms with Gasteiger partial charge < -0.3 is 9.84 Å². The number of ether oxygens (including phenoxy) is 1. The van der Waals surface area contributed by atoms with E-state index in [-0.39, 0.29) is 29.7 Å². The molecule has 5 rings (SSSR count). The smallest absolute Gasteiger partial charge is 0.216 e. The fraction of sp³-hybridized carbons (Fsp3) is 0.793. The quantitative estimate of drug-likeness (QED) is 0.458. The minimum atomic E-state index is -3.53. The molecule has 38 heavy (non-hydrogen) atoms. The molecule has 2 aliphatic carbocycles. The van der Waals surface area contributed by atoms with Gasteiger partial charge in [0.15, 0.2) is 0 Å². The number of benzene rings is 1. The highest BCUT2D eigenvalue weighted by atomic mass is 32.2. The Morgan fingerprint density at radius 1 is 1.08 bits per heavy atom. The van der Waals surface area contributed by atoms with Crippen molar-refractivity contribution in [2.24, 2.45) is 11.8 Å². The third-order valence-electron chi connectivity index (χ3n) is 9.25. The number of sulfonamides is 1. The van der Waals surface area contributed by atoms with Gasteiger partial charge in [-0.15, -0.1) is 0 Å². The first-order valence-electron chi connectivity index (χ1n) is 14.7. The Morgan fingerprint density at radius 3 is 2.50 bits per heavy atom. The second kappa shape index (κ2) is 11.8. The topological polar surface area (TPSA) is 103 Å². The summed E-state index contributed by atoms with van der Waals surface area (Å²) < 4.78 is 36.9. The van der Waals surface area contributed by atoms with Crippen molar-refractivity contribution in [3.05, 3.63) is 34.9 Å². The molecule has 0 amide bonds. The molecular formula is C29H48N4O4S. The lowest BCUT2D eigenvalue weighted by atomic mass is 9.83. The number of fused-ring (bicyclic) bond motifs is 4. The molecule has 2 saturated heterocycles. The van der Waals surface area contributed by atoms with Gasteiger partial charge in [-0.1, -0.05) is 38.5 Å². The van der Waals surface area contributed by atoms with Crippen LogP contribution in [0, 0.1) is 25.7 Å². The number of aliphatic hydroxyl groups excluding tert-OH is 1. The van der Waals surface area contributed by atoms with Crippen LogP contribution in [-0.2, 0) is 14.8 Å². The molecule has 6 atom stereocenters. The van der Waals surface area contributed by atoms with E-state index in [2.05, 4.69) is 66.1 Å². The van der Waals surface area contributed by atoms with E-state index in [1.165, 1.54) is 16.7 Å². The van der Waals surface area contributed by atoms with E-state index < -0.39 is 16.3 Å². The van der Waals surface area contributed by atoms with E-state index in [0.717, 1.165) is 38.6 Å². The third kappa shape index (κ3) is 6.45. The van der Waals surface area contributed by atoms with Gasteiger partial charge in [-0.25, -0.2) is 8.42 Å². The molecule has 4 N–H and O–H groups in total. The summed E-state index contributed by atoms with van der Waals surface area (Å²) in [7, 11) is -3.53. The average molecular weight is 549 g/mol. The highest BCUT2D eigenvalue weighted by molar-refractivity contribution is 7.90. The highest BCUT2D eigenvalue weighted by Gasteiger charge is 2.42. The zero-order valence-corrected chi connectivity index (χ0v) is 24.3. The second-order valence-electron chi connectivity index (χ2n) is 12.8. The Kier molecular flexibility index (Phi) is 8.84. The minimum Gasteiger partial charge on any atom is -0.393 e. The van der Waals surface area contributed by atoms with Crippen LogP contribution in [0.3, 0.4) is 0 Å². The summed E-state index contributed by atoms with van der Waals surface area (Å²) in [6.07, 6.45) is 5.62. The van der Waals surface area contributed by atoms with Gasteiger partial charge in [-0.3, -0.25) is 15.5 Å². The summed E-state index contributed by atoms with van der Waals surface area (Å²) in [4.78, 5) is 2.58. The van der Waals surface area contributed by atoms with Crippen LogP contribution in [0.2, 0.25) is 0 Å². The monoisotopic (exact) mass is 548 g/mol. The maximum absolute atomic E-state index is 13.6. The summed E-state index contributed by atoms with van der Waals surface area (Å²) in [5.74, 6) is 0.852. The Balaban J connectivity index is 1.47. The van der Waals surface area contributed by atoms with Gasteiger partial charge in [0.2, 0.25) is 10.0 Å². The Labute approximate surface area is 229 Å². The van der Waals surface area contributed by atoms with Crippen molar-refractivity contribution in [2.75, 3.05) is 13.2 Å². The predicted molar refractivity (Wildman–Crippen MR) is 150 cm³/mol. The van der Waals surface area contributed by atoms with Crippen molar-refractivity contribution in [1.82, 2.24) is 20.3 Å². The Hall–Kier alpha value is -1.07. The summed E-state index contributed by atoms with van der Waals surface area (Å²) in [6, 6.07) is 6.87. The Bertz CT molecular complexity index is 1040. The van der Waals surface area contributed by atoms with Gasteiger partial charge in [-0.05, 0) is 80.9 Å². The summed E-state index contributed by atoms with van der Waals surface area (Å²) in [6.45, 7) is 10.2. The summed E-state index contributed by atoms with van der Waals surface area (Å²) >= 11 is 0. The van der Waals surface area contributed by atoms with Crippen LogP contribution in [0.5, 0.6) is 0 Å². The standard InChI is InChI=1S/C29H48N4O4S/c1-18(2)11-23-17-37-27-15-26(28-19(3)7-5-8-20(28)4)30-29(31-27)32-38(35,36)25-10-6-9-21(12-25)16-33(23)22-13-24(34)14-22/h5,7-8,18,21-27,29-32,34H,6,9-17H2,1-4H3/t21?,22?,23-,24?,25?,26?,27?,29?/m1/s1. The lowest BCUT2D eigenvalue weighted by molar-refractivity contribution is -0.0782. The lowest BCUT2D eigenvalue weighted by Crippen LogP contribution is -2.64. The van der Waals surface area contributed by atoms with E-state index in [4.69, 9.17) is 4.74 Å². The van der Waals surface area contributed by atoms with Crippen LogP contribution < -0.4 is 15.4 Å². The summed E-state index contributed by atoms with van der Waals surface area (Å²) in [5, 5.41) is 16.7. The molecule has 8 nitrogen and oxygen atoms in total. The molecule has 214 valence electrons. The average Bonchev–Trinajstić information content (AvgIpc) is 2.83. The zero-order valence-electron chi connectivity index (χ0n) is 23.5. The van der Waals surface area contributed by atoms with Gasteiger partial charge in [0.05, 0.1) is 18.0 Å². The van der Waals surface area contributed by atoms with Crippen LogP contribution in [0.4, 0.5) is 0 Å². The van der Waals surface area contributed by atoms with E-state index in [9.17, 15) is 13.5 Å². The van der Waals surface area contributed by atoms with Gasteiger partial charge in [0.1, 0.15) is 12.5 Å². The molecule has 1 aromatic carbocycles. The summed E-state index contributed by atoms with van der Waals surface area (Å²) in [5.41, 5.74) is 3.62. The lowest BCUT2D eigenvalue weighted by Gasteiger charge is -2.47. The van der Waals surface area contributed by atoms with E-state index in [1.54, 1.807) is 0 Å². The molecule has 2 heterocycles. The van der Waals surface area contributed by atoms with Crippen LogP contribution in [0.1, 0.15) is 87.9 Å². The number of hydrogen-bond donors (Lipinski definition) is 4. The maximum atomic E-state index is 13.6. The second-order valence-corrected chi connectivity index (χ2v) is 14.8. The fourth-order valence-corrected chi connectivity index (χ4v) is 8.95. The largest absolute Gasteiger partial charge is 0.393 e. The number of aryl methyl sites for hydroxylation is 2. The van der Waals surface area contributed by atoms with Crippen molar-refractivity contribution in [3.63, 3.8) is 0 Å². The van der Waals surface area contributed by atoms with E-state index in [1.807, 2.05) is 0 Å². The normalized spacial score (nSPS) is 38.5. The predicted octanol–water partition coefficient (Wildman–Crippen LogP) is 3.29. The van der Waals surface area contributed by atoms with Gasteiger partial charge in [0.25, 0.3) is 0 Å². The molecule has 0 radical (unpaired) electrons. The number of hydrogen-bond acceptors (Lipinski definition) is 7. The van der Waals surface area contributed by atoms with Crippen molar-refractivity contribution in [1.29, 1.82) is 0 Å². The SMILES string of the molecule is Cc1cccc(C)c1C1CC2NC(N1)NS(=O)(=O)C1CCCC(C1)CN(C1CC(O)C1)[C@H](CC(C)C)CO2. The van der Waals surface area contributed by atoms with Gasteiger partial charge >= 0.3 is 0 Å². The molecular weight excluding hydrogens is 500 g/mol. The number of nitrogens with zero attached hydrogens (tertiary/aromatic N) is 1. The van der Waals surface area contributed by atoms with Crippen LogP contribution >= 0.6 is 0 Å². The minimum absolute atomic E-state index is 0.0270. The molecule has 1 aromatic rings. The van der Waals surface area contributed by atoms with Gasteiger partial charge in [0, 0.05) is 31.1 Å². The van der Waals surface area contributed by atoms with Crippen molar-refractivity contribution in [2.45, 2.75) is 121 Å². The van der Waals surface area contributed by atoms with Crippen LogP contribution in [0.25, 0.3) is 0 Å². The van der Waals surface area contributed by atoms with Crippen molar-refractivity contribution < 1.29 is 18.3 Å². The first kappa shape index (κ1) is 28.5. The molecule has 0 spiro atoms.